The van der Waals surface area contributed by atoms with E-state index in [0.29, 0.717) is 32.8 Å². The first-order valence-corrected chi connectivity index (χ1v) is 8.34. The standard InChI is InChI=1S/C17H23N3O5/c1-17(2,3)25-16(21)18-6-7-19-14(9-18)11-24-10-12-8-13(20(22)23)4-5-15(12)19/h4-5,8,14H,6-7,9-11H2,1-3H3/t14-/m1/s1. The summed E-state index contributed by atoms with van der Waals surface area (Å²) >= 11 is 0. The van der Waals surface area contributed by atoms with E-state index in [1.165, 1.54) is 6.07 Å². The van der Waals surface area contributed by atoms with Gasteiger partial charge in [0.25, 0.3) is 5.69 Å². The number of nitro benzene ring substituents is 1. The molecule has 0 spiro atoms. The molecular formula is C17H23N3O5. The molecule has 2 aliphatic heterocycles. The normalized spacial score (nSPS) is 20.4. The lowest BCUT2D eigenvalue weighted by Crippen LogP contribution is -2.56. The Kier molecular flexibility index (Phi) is 4.55. The molecule has 0 radical (unpaired) electrons. The van der Waals surface area contributed by atoms with E-state index >= 15 is 0 Å². The number of amides is 1. The fourth-order valence-corrected chi connectivity index (χ4v) is 3.19. The average Bonchev–Trinajstić information content (AvgIpc) is 2.71. The highest BCUT2D eigenvalue weighted by molar-refractivity contribution is 5.69. The molecule has 1 saturated heterocycles. The zero-order chi connectivity index (χ0) is 18.2. The molecule has 8 heteroatoms. The molecule has 0 aromatic heterocycles. The Balaban J connectivity index is 1.77. The number of fused-ring (bicyclic) bond motifs is 3. The molecule has 2 heterocycles. The van der Waals surface area contributed by atoms with E-state index in [9.17, 15) is 14.9 Å². The number of rotatable bonds is 1. The topological polar surface area (TPSA) is 85.2 Å². The lowest BCUT2D eigenvalue weighted by molar-refractivity contribution is -0.384. The van der Waals surface area contributed by atoms with Crippen LogP contribution in [-0.4, -0.2) is 53.8 Å². The van der Waals surface area contributed by atoms with E-state index in [4.69, 9.17) is 9.47 Å². The summed E-state index contributed by atoms with van der Waals surface area (Å²) in [7, 11) is 0. The number of carbonyl (C=O) groups excluding carboxylic acids is 1. The van der Waals surface area contributed by atoms with Crippen molar-refractivity contribution in [3.05, 3.63) is 33.9 Å². The van der Waals surface area contributed by atoms with Gasteiger partial charge in [0.15, 0.2) is 0 Å². The Hall–Kier alpha value is -2.35. The Bertz CT molecular complexity index is 685. The summed E-state index contributed by atoms with van der Waals surface area (Å²) < 4.78 is 11.2. The SMILES string of the molecule is CC(C)(C)OC(=O)N1CCN2c3ccc([N+](=O)[O-])cc3COC[C@H]2C1. The number of hydrogen-bond donors (Lipinski definition) is 0. The van der Waals surface area contributed by atoms with Crippen molar-refractivity contribution in [1.29, 1.82) is 0 Å². The number of ether oxygens (including phenoxy) is 2. The molecule has 0 bridgehead atoms. The van der Waals surface area contributed by atoms with Crippen LogP contribution >= 0.6 is 0 Å². The van der Waals surface area contributed by atoms with Crippen LogP contribution in [0.5, 0.6) is 0 Å². The molecule has 8 nitrogen and oxygen atoms in total. The van der Waals surface area contributed by atoms with Crippen molar-refractivity contribution in [1.82, 2.24) is 4.90 Å². The average molecular weight is 349 g/mol. The van der Waals surface area contributed by atoms with Gasteiger partial charge in [0, 0.05) is 43.0 Å². The predicted molar refractivity (Wildman–Crippen MR) is 91.7 cm³/mol. The number of piperazine rings is 1. The van der Waals surface area contributed by atoms with Crippen molar-refractivity contribution in [2.24, 2.45) is 0 Å². The Morgan fingerprint density at radius 3 is 2.80 bits per heavy atom. The maximum Gasteiger partial charge on any atom is 0.410 e. The van der Waals surface area contributed by atoms with E-state index in [0.717, 1.165) is 11.3 Å². The number of benzene rings is 1. The molecule has 1 atom stereocenters. The predicted octanol–water partition coefficient (Wildman–Crippen LogP) is 2.55. The highest BCUT2D eigenvalue weighted by Gasteiger charge is 2.34. The Morgan fingerprint density at radius 2 is 2.12 bits per heavy atom. The number of hydrogen-bond acceptors (Lipinski definition) is 6. The lowest BCUT2D eigenvalue weighted by Gasteiger charge is -2.42. The molecule has 1 aromatic carbocycles. The minimum atomic E-state index is -0.528. The summed E-state index contributed by atoms with van der Waals surface area (Å²) in [6, 6.07) is 4.86. The summed E-state index contributed by atoms with van der Waals surface area (Å²) in [6.07, 6.45) is -0.319. The summed E-state index contributed by atoms with van der Waals surface area (Å²) in [4.78, 5) is 26.8. The molecule has 2 aliphatic rings. The highest BCUT2D eigenvalue weighted by atomic mass is 16.6. The minimum Gasteiger partial charge on any atom is -0.444 e. The monoisotopic (exact) mass is 349 g/mol. The number of anilines is 1. The third kappa shape index (κ3) is 3.84. The number of nitrogens with zero attached hydrogens (tertiary/aromatic N) is 3. The minimum absolute atomic E-state index is 0.00368. The van der Waals surface area contributed by atoms with Crippen LogP contribution < -0.4 is 4.90 Å². The molecule has 3 rings (SSSR count). The summed E-state index contributed by atoms with van der Waals surface area (Å²) in [5.74, 6) is 0. The van der Waals surface area contributed by atoms with Gasteiger partial charge in [-0.15, -0.1) is 0 Å². The summed E-state index contributed by atoms with van der Waals surface area (Å²) in [5.41, 5.74) is 1.28. The van der Waals surface area contributed by atoms with Crippen LogP contribution in [0.4, 0.5) is 16.2 Å². The second kappa shape index (κ2) is 6.51. The van der Waals surface area contributed by atoms with Gasteiger partial charge in [-0.05, 0) is 26.8 Å². The lowest BCUT2D eigenvalue weighted by atomic mass is 10.1. The van der Waals surface area contributed by atoms with Gasteiger partial charge in [0.2, 0.25) is 0 Å². The highest BCUT2D eigenvalue weighted by Crippen LogP contribution is 2.31. The van der Waals surface area contributed by atoms with Gasteiger partial charge in [-0.3, -0.25) is 10.1 Å². The van der Waals surface area contributed by atoms with Gasteiger partial charge in [-0.1, -0.05) is 0 Å². The van der Waals surface area contributed by atoms with Crippen molar-refractivity contribution < 1.29 is 19.2 Å². The van der Waals surface area contributed by atoms with E-state index in [1.807, 2.05) is 20.8 Å². The van der Waals surface area contributed by atoms with Crippen molar-refractivity contribution in [2.75, 3.05) is 31.1 Å². The molecule has 0 unspecified atom stereocenters. The number of non-ortho nitro benzene ring substituents is 1. The van der Waals surface area contributed by atoms with E-state index < -0.39 is 10.5 Å². The van der Waals surface area contributed by atoms with E-state index in [-0.39, 0.29) is 17.8 Å². The molecular weight excluding hydrogens is 326 g/mol. The van der Waals surface area contributed by atoms with Gasteiger partial charge >= 0.3 is 6.09 Å². The zero-order valence-electron chi connectivity index (χ0n) is 14.7. The van der Waals surface area contributed by atoms with Gasteiger partial charge in [-0.2, -0.15) is 0 Å². The van der Waals surface area contributed by atoms with Crippen LogP contribution in [-0.2, 0) is 16.1 Å². The third-order valence-electron chi connectivity index (χ3n) is 4.29. The van der Waals surface area contributed by atoms with Crippen LogP contribution in [0.3, 0.4) is 0 Å². The fourth-order valence-electron chi connectivity index (χ4n) is 3.19. The zero-order valence-corrected chi connectivity index (χ0v) is 14.7. The van der Waals surface area contributed by atoms with E-state index in [1.54, 1.807) is 17.0 Å². The van der Waals surface area contributed by atoms with Gasteiger partial charge in [0.1, 0.15) is 5.60 Å². The van der Waals surface area contributed by atoms with Crippen LogP contribution in [0, 0.1) is 10.1 Å². The van der Waals surface area contributed by atoms with Crippen LogP contribution in [0.2, 0.25) is 0 Å². The molecule has 0 aliphatic carbocycles. The molecule has 1 fully saturated rings. The molecule has 1 aromatic rings. The van der Waals surface area contributed by atoms with Crippen LogP contribution in [0.1, 0.15) is 26.3 Å². The maximum atomic E-state index is 12.3. The first kappa shape index (κ1) is 17.5. The van der Waals surface area contributed by atoms with Crippen LogP contribution in [0.25, 0.3) is 0 Å². The third-order valence-corrected chi connectivity index (χ3v) is 4.29. The molecule has 136 valence electrons. The number of nitro groups is 1. The maximum absolute atomic E-state index is 12.3. The molecule has 0 N–H and O–H groups in total. The van der Waals surface area contributed by atoms with Crippen molar-refractivity contribution in [3.8, 4) is 0 Å². The number of carbonyl (C=O) groups is 1. The van der Waals surface area contributed by atoms with Crippen molar-refractivity contribution in [2.45, 2.75) is 39.0 Å². The fraction of sp³-hybridized carbons (Fsp3) is 0.588. The van der Waals surface area contributed by atoms with Crippen molar-refractivity contribution in [3.63, 3.8) is 0 Å². The first-order valence-electron chi connectivity index (χ1n) is 8.34. The summed E-state index contributed by atoms with van der Waals surface area (Å²) in [6.45, 7) is 8.01. The largest absolute Gasteiger partial charge is 0.444 e. The second-order valence-electron chi connectivity index (χ2n) is 7.36. The smallest absolute Gasteiger partial charge is 0.410 e. The van der Waals surface area contributed by atoms with E-state index in [2.05, 4.69) is 4.90 Å². The molecule has 0 saturated carbocycles. The molecule has 1 amide bonds. The Morgan fingerprint density at radius 1 is 1.36 bits per heavy atom. The summed E-state index contributed by atoms with van der Waals surface area (Å²) in [5, 5.41) is 11.0. The second-order valence-corrected chi connectivity index (χ2v) is 7.36. The van der Waals surface area contributed by atoms with Crippen LogP contribution in [0.15, 0.2) is 18.2 Å². The molecule has 25 heavy (non-hydrogen) atoms. The van der Waals surface area contributed by atoms with Gasteiger partial charge < -0.3 is 19.3 Å². The quantitative estimate of drug-likeness (QED) is 0.572. The first-order chi connectivity index (χ1) is 11.7. The Labute approximate surface area is 146 Å². The van der Waals surface area contributed by atoms with Crippen molar-refractivity contribution >= 4 is 17.5 Å². The van der Waals surface area contributed by atoms with Gasteiger partial charge in [0.05, 0.1) is 24.2 Å². The van der Waals surface area contributed by atoms with Gasteiger partial charge in [-0.25, -0.2) is 4.79 Å².